The molecule has 0 aliphatic carbocycles. The molecule has 110 valence electrons. The minimum Gasteiger partial charge on any atom is -0.307 e. The van der Waals surface area contributed by atoms with Crippen LogP contribution in [0.1, 0.15) is 38.4 Å². The van der Waals surface area contributed by atoms with Gasteiger partial charge in [0.25, 0.3) is 0 Å². The van der Waals surface area contributed by atoms with Crippen molar-refractivity contribution < 1.29 is 0 Å². The molecule has 0 spiro atoms. The second-order valence-electron chi connectivity index (χ2n) is 5.64. The van der Waals surface area contributed by atoms with Gasteiger partial charge >= 0.3 is 0 Å². The first kappa shape index (κ1) is 14.8. The van der Waals surface area contributed by atoms with Gasteiger partial charge in [-0.05, 0) is 18.4 Å². The van der Waals surface area contributed by atoms with Gasteiger partial charge in [-0.15, -0.1) is 0 Å². The van der Waals surface area contributed by atoms with Crippen LogP contribution in [0.25, 0.3) is 0 Å². The number of aromatic nitrogens is 4. The summed E-state index contributed by atoms with van der Waals surface area (Å²) < 4.78 is 4.01. The van der Waals surface area contributed by atoms with Gasteiger partial charge in [0.15, 0.2) is 0 Å². The molecule has 0 atom stereocenters. The Morgan fingerprint density at radius 3 is 2.85 bits per heavy atom. The molecule has 0 aromatic carbocycles. The van der Waals surface area contributed by atoms with Crippen molar-refractivity contribution in [3.05, 3.63) is 35.9 Å². The lowest BCUT2D eigenvalue weighted by Gasteiger charge is -2.03. The van der Waals surface area contributed by atoms with E-state index in [0.29, 0.717) is 5.92 Å². The smallest absolute Gasteiger partial charge is 0.0762 e. The fourth-order valence-corrected chi connectivity index (χ4v) is 2.16. The lowest BCUT2D eigenvalue weighted by atomic mass is 10.2. The predicted molar refractivity (Wildman–Crippen MR) is 80.1 cm³/mol. The van der Waals surface area contributed by atoms with Crippen molar-refractivity contribution in [3.8, 4) is 0 Å². The van der Waals surface area contributed by atoms with Crippen LogP contribution in [0, 0.1) is 5.92 Å². The van der Waals surface area contributed by atoms with E-state index in [0.717, 1.165) is 38.3 Å². The van der Waals surface area contributed by atoms with Gasteiger partial charge in [0, 0.05) is 44.1 Å². The van der Waals surface area contributed by atoms with Gasteiger partial charge in [-0.1, -0.05) is 20.8 Å². The van der Waals surface area contributed by atoms with E-state index in [9.17, 15) is 0 Å². The molecule has 0 saturated carbocycles. The Kier molecular flexibility index (Phi) is 5.35. The predicted octanol–water partition coefficient (Wildman–Crippen LogP) is 2.44. The molecule has 5 heteroatoms. The summed E-state index contributed by atoms with van der Waals surface area (Å²) in [6, 6.07) is 2.07. The Hall–Kier alpha value is -1.62. The summed E-state index contributed by atoms with van der Waals surface area (Å²) in [5.41, 5.74) is 2.31. The standard InChI is InChI=1S/C15H25N5/c1-4-6-19-7-5-15(18-19)10-16-8-14-9-17-20(12-14)11-13(2)3/h5,7,9,12-13,16H,4,6,8,10-11H2,1-3H3. The highest BCUT2D eigenvalue weighted by molar-refractivity contribution is 5.04. The van der Waals surface area contributed by atoms with Crippen LogP contribution < -0.4 is 5.32 Å². The van der Waals surface area contributed by atoms with Gasteiger partial charge in [-0.2, -0.15) is 10.2 Å². The van der Waals surface area contributed by atoms with Gasteiger partial charge < -0.3 is 5.32 Å². The zero-order chi connectivity index (χ0) is 14.4. The summed E-state index contributed by atoms with van der Waals surface area (Å²) in [6.07, 6.45) is 7.21. The molecule has 0 fully saturated rings. The van der Waals surface area contributed by atoms with Crippen LogP contribution in [-0.4, -0.2) is 19.6 Å². The van der Waals surface area contributed by atoms with Crippen LogP contribution in [0.2, 0.25) is 0 Å². The molecule has 2 aromatic rings. The molecule has 0 bridgehead atoms. The molecule has 2 heterocycles. The number of nitrogens with zero attached hydrogens (tertiary/aromatic N) is 4. The van der Waals surface area contributed by atoms with Gasteiger partial charge in [-0.25, -0.2) is 0 Å². The highest BCUT2D eigenvalue weighted by Gasteiger charge is 2.02. The first-order valence-corrected chi connectivity index (χ1v) is 7.41. The summed E-state index contributed by atoms with van der Waals surface area (Å²) in [6.45, 7) is 10.2. The minimum absolute atomic E-state index is 0.623. The third-order valence-corrected chi connectivity index (χ3v) is 3.02. The lowest BCUT2D eigenvalue weighted by Crippen LogP contribution is -2.13. The molecule has 0 amide bonds. The average Bonchev–Trinajstić information content (AvgIpc) is 2.99. The molecule has 2 rings (SSSR count). The summed E-state index contributed by atoms with van der Waals surface area (Å²) in [5, 5.41) is 12.3. The second kappa shape index (κ2) is 7.24. The quantitative estimate of drug-likeness (QED) is 0.805. The van der Waals surface area contributed by atoms with E-state index in [1.54, 1.807) is 0 Å². The third-order valence-electron chi connectivity index (χ3n) is 3.02. The van der Waals surface area contributed by atoms with Crippen LogP contribution in [0.3, 0.4) is 0 Å². The Bertz CT molecular complexity index is 512. The Morgan fingerprint density at radius 1 is 1.25 bits per heavy atom. The van der Waals surface area contributed by atoms with Crippen molar-refractivity contribution in [2.75, 3.05) is 0 Å². The first-order chi connectivity index (χ1) is 9.67. The highest BCUT2D eigenvalue weighted by Crippen LogP contribution is 2.03. The highest BCUT2D eigenvalue weighted by atomic mass is 15.3. The van der Waals surface area contributed by atoms with E-state index < -0.39 is 0 Å². The topological polar surface area (TPSA) is 47.7 Å². The summed E-state index contributed by atoms with van der Waals surface area (Å²) in [5.74, 6) is 0.623. The summed E-state index contributed by atoms with van der Waals surface area (Å²) in [4.78, 5) is 0. The van der Waals surface area contributed by atoms with E-state index in [1.165, 1.54) is 5.56 Å². The largest absolute Gasteiger partial charge is 0.307 e. The van der Waals surface area contributed by atoms with E-state index >= 15 is 0 Å². The van der Waals surface area contributed by atoms with Crippen molar-refractivity contribution in [1.29, 1.82) is 0 Å². The molecule has 0 radical (unpaired) electrons. The second-order valence-corrected chi connectivity index (χ2v) is 5.64. The van der Waals surface area contributed by atoms with Crippen molar-refractivity contribution in [2.24, 2.45) is 5.92 Å². The molecule has 0 aliphatic rings. The van der Waals surface area contributed by atoms with Crippen molar-refractivity contribution in [3.63, 3.8) is 0 Å². The molecule has 0 aliphatic heterocycles. The summed E-state index contributed by atoms with van der Waals surface area (Å²) >= 11 is 0. The van der Waals surface area contributed by atoms with Crippen molar-refractivity contribution in [2.45, 2.75) is 53.4 Å². The lowest BCUT2D eigenvalue weighted by molar-refractivity contribution is 0.482. The van der Waals surface area contributed by atoms with Crippen molar-refractivity contribution in [1.82, 2.24) is 24.9 Å². The average molecular weight is 275 g/mol. The Morgan fingerprint density at radius 2 is 2.10 bits per heavy atom. The molecule has 2 aromatic heterocycles. The van der Waals surface area contributed by atoms with E-state index in [2.05, 4.69) is 48.5 Å². The number of aryl methyl sites for hydroxylation is 1. The fraction of sp³-hybridized carbons (Fsp3) is 0.600. The van der Waals surface area contributed by atoms with Crippen LogP contribution in [0.15, 0.2) is 24.7 Å². The van der Waals surface area contributed by atoms with Gasteiger partial charge in [-0.3, -0.25) is 9.36 Å². The third kappa shape index (κ3) is 4.49. The van der Waals surface area contributed by atoms with Crippen molar-refractivity contribution >= 4 is 0 Å². The molecular formula is C15H25N5. The minimum atomic E-state index is 0.623. The monoisotopic (exact) mass is 275 g/mol. The first-order valence-electron chi connectivity index (χ1n) is 7.41. The van der Waals surface area contributed by atoms with Crippen LogP contribution in [0.4, 0.5) is 0 Å². The maximum atomic E-state index is 4.51. The van der Waals surface area contributed by atoms with Crippen LogP contribution in [0.5, 0.6) is 0 Å². The molecule has 20 heavy (non-hydrogen) atoms. The van der Waals surface area contributed by atoms with E-state index in [4.69, 9.17) is 0 Å². The number of hydrogen-bond donors (Lipinski definition) is 1. The van der Waals surface area contributed by atoms with Crippen LogP contribution >= 0.6 is 0 Å². The van der Waals surface area contributed by atoms with Gasteiger partial charge in [0.1, 0.15) is 0 Å². The van der Waals surface area contributed by atoms with Gasteiger partial charge in [0.2, 0.25) is 0 Å². The molecule has 0 saturated heterocycles. The number of hydrogen-bond acceptors (Lipinski definition) is 3. The number of rotatable bonds is 8. The molecular weight excluding hydrogens is 250 g/mol. The molecule has 1 N–H and O–H groups in total. The molecule has 5 nitrogen and oxygen atoms in total. The maximum Gasteiger partial charge on any atom is 0.0762 e. The zero-order valence-electron chi connectivity index (χ0n) is 12.7. The Balaban J connectivity index is 1.75. The SMILES string of the molecule is CCCn1ccc(CNCc2cnn(CC(C)C)c2)n1. The fourth-order valence-electron chi connectivity index (χ4n) is 2.16. The van der Waals surface area contributed by atoms with E-state index in [1.807, 2.05) is 21.8 Å². The Labute approximate surface area is 121 Å². The molecule has 0 unspecified atom stereocenters. The van der Waals surface area contributed by atoms with Gasteiger partial charge in [0.05, 0.1) is 11.9 Å². The summed E-state index contributed by atoms with van der Waals surface area (Å²) in [7, 11) is 0. The zero-order valence-corrected chi connectivity index (χ0v) is 12.7. The maximum absolute atomic E-state index is 4.51. The van der Waals surface area contributed by atoms with E-state index in [-0.39, 0.29) is 0 Å². The number of nitrogens with one attached hydrogen (secondary N) is 1. The normalized spacial score (nSPS) is 11.4. The van der Waals surface area contributed by atoms with Crippen LogP contribution in [-0.2, 0) is 26.2 Å².